The van der Waals surface area contributed by atoms with Gasteiger partial charge in [-0.3, -0.25) is 4.99 Å². The summed E-state index contributed by atoms with van der Waals surface area (Å²) in [6.45, 7) is 13.1. The molecule has 6 nitrogen and oxygen atoms in total. The lowest BCUT2D eigenvalue weighted by atomic mass is 9.78. The normalized spacial score (nSPS) is 21.2. The quantitative estimate of drug-likeness (QED) is 0.588. The van der Waals surface area contributed by atoms with Crippen LogP contribution >= 0.6 is 0 Å². The Bertz CT molecular complexity index is 593. The maximum absolute atomic E-state index is 6.07. The lowest BCUT2D eigenvalue weighted by Gasteiger charge is -2.40. The Labute approximate surface area is 164 Å². The van der Waals surface area contributed by atoms with Crippen molar-refractivity contribution in [2.75, 3.05) is 20.2 Å². The number of ether oxygens (including phenoxy) is 2. The number of guanidine groups is 1. The Morgan fingerprint density at radius 3 is 2.70 bits per heavy atom. The van der Waals surface area contributed by atoms with Gasteiger partial charge in [0.25, 0.3) is 0 Å². The van der Waals surface area contributed by atoms with E-state index in [1.807, 2.05) is 32.2 Å². The minimum absolute atomic E-state index is 0.130. The van der Waals surface area contributed by atoms with Crippen LogP contribution in [0.4, 0.5) is 0 Å². The smallest absolute Gasteiger partial charge is 0.213 e. The van der Waals surface area contributed by atoms with Crippen molar-refractivity contribution in [1.29, 1.82) is 0 Å². The molecule has 0 spiro atoms. The molecule has 27 heavy (non-hydrogen) atoms. The van der Waals surface area contributed by atoms with Crippen molar-refractivity contribution in [3.05, 3.63) is 23.9 Å². The zero-order valence-electron chi connectivity index (χ0n) is 17.7. The summed E-state index contributed by atoms with van der Waals surface area (Å²) in [5.74, 6) is 1.95. The molecule has 2 heterocycles. The van der Waals surface area contributed by atoms with Crippen LogP contribution in [-0.4, -0.2) is 43.4 Å². The molecule has 2 unspecified atom stereocenters. The van der Waals surface area contributed by atoms with Crippen LogP contribution in [0.1, 0.15) is 53.0 Å². The predicted octanol–water partition coefficient (Wildman–Crippen LogP) is 3.38. The zero-order chi connectivity index (χ0) is 19.9. The third-order valence-corrected chi connectivity index (χ3v) is 4.67. The maximum Gasteiger partial charge on any atom is 0.213 e. The number of aromatic nitrogens is 1. The fourth-order valence-corrected chi connectivity index (χ4v) is 3.47. The van der Waals surface area contributed by atoms with E-state index in [0.717, 1.165) is 31.1 Å². The van der Waals surface area contributed by atoms with Gasteiger partial charge in [0.2, 0.25) is 5.88 Å². The van der Waals surface area contributed by atoms with Crippen LogP contribution in [0.2, 0.25) is 0 Å². The Morgan fingerprint density at radius 1 is 1.33 bits per heavy atom. The van der Waals surface area contributed by atoms with Gasteiger partial charge in [0, 0.05) is 44.9 Å². The average Bonchev–Trinajstić information content (AvgIpc) is 2.62. The van der Waals surface area contributed by atoms with Crippen LogP contribution in [-0.2, 0) is 11.3 Å². The minimum Gasteiger partial charge on any atom is -0.475 e. The first-order valence-electron chi connectivity index (χ1n) is 9.97. The van der Waals surface area contributed by atoms with E-state index >= 15 is 0 Å². The van der Waals surface area contributed by atoms with Gasteiger partial charge in [-0.05, 0) is 37.7 Å². The van der Waals surface area contributed by atoms with E-state index < -0.39 is 0 Å². The second-order valence-electron chi connectivity index (χ2n) is 8.54. The Morgan fingerprint density at radius 2 is 2.11 bits per heavy atom. The van der Waals surface area contributed by atoms with Gasteiger partial charge >= 0.3 is 0 Å². The summed E-state index contributed by atoms with van der Waals surface area (Å²) in [5.41, 5.74) is 1.23. The largest absolute Gasteiger partial charge is 0.475 e. The fourth-order valence-electron chi connectivity index (χ4n) is 3.47. The minimum atomic E-state index is 0.130. The molecule has 0 saturated carbocycles. The van der Waals surface area contributed by atoms with Gasteiger partial charge in [-0.25, -0.2) is 4.98 Å². The molecule has 1 aliphatic rings. The summed E-state index contributed by atoms with van der Waals surface area (Å²) >= 11 is 0. The number of nitrogens with one attached hydrogen (secondary N) is 2. The van der Waals surface area contributed by atoms with Gasteiger partial charge in [-0.15, -0.1) is 0 Å². The molecule has 1 aromatic rings. The predicted molar refractivity (Wildman–Crippen MR) is 110 cm³/mol. The van der Waals surface area contributed by atoms with Gasteiger partial charge in [-0.1, -0.05) is 26.8 Å². The van der Waals surface area contributed by atoms with E-state index in [-0.39, 0.29) is 17.6 Å². The van der Waals surface area contributed by atoms with Crippen LogP contribution in [0, 0.1) is 11.3 Å². The van der Waals surface area contributed by atoms with Crippen molar-refractivity contribution in [2.24, 2.45) is 16.3 Å². The summed E-state index contributed by atoms with van der Waals surface area (Å²) in [6.07, 6.45) is 4.55. The van der Waals surface area contributed by atoms with Crippen LogP contribution in [0.3, 0.4) is 0 Å². The molecular weight excluding hydrogens is 340 g/mol. The molecule has 2 rings (SSSR count). The lowest BCUT2D eigenvalue weighted by molar-refractivity contribution is -0.0835. The number of aliphatic imine (C=N–C) groups is 1. The topological polar surface area (TPSA) is 67.8 Å². The molecule has 0 bridgehead atoms. The van der Waals surface area contributed by atoms with Crippen LogP contribution < -0.4 is 15.4 Å². The number of nitrogens with zero attached hydrogens (tertiary/aromatic N) is 2. The first kappa shape index (κ1) is 21.5. The van der Waals surface area contributed by atoms with Gasteiger partial charge < -0.3 is 20.1 Å². The van der Waals surface area contributed by atoms with Gasteiger partial charge in [-0.2, -0.15) is 0 Å². The van der Waals surface area contributed by atoms with E-state index in [2.05, 4.69) is 41.4 Å². The summed E-state index contributed by atoms with van der Waals surface area (Å²) in [4.78, 5) is 8.68. The van der Waals surface area contributed by atoms with Crippen LogP contribution in [0.25, 0.3) is 0 Å². The molecule has 2 atom stereocenters. The SMILES string of the molecule is CN=C(NCc1ccc(OC(C)C)nc1)NCC1CCCOC1C(C)(C)C. The summed E-state index contributed by atoms with van der Waals surface area (Å²) in [7, 11) is 1.80. The molecular formula is C21H36N4O2. The number of rotatable bonds is 6. The summed E-state index contributed by atoms with van der Waals surface area (Å²) in [6, 6.07) is 3.93. The van der Waals surface area contributed by atoms with Crippen LogP contribution in [0.5, 0.6) is 5.88 Å². The molecule has 1 aliphatic heterocycles. The number of pyridine rings is 1. The third-order valence-electron chi connectivity index (χ3n) is 4.67. The molecule has 0 aromatic carbocycles. The second-order valence-corrected chi connectivity index (χ2v) is 8.54. The highest BCUT2D eigenvalue weighted by Crippen LogP contribution is 2.33. The van der Waals surface area contributed by atoms with E-state index in [1.165, 1.54) is 6.42 Å². The van der Waals surface area contributed by atoms with E-state index in [9.17, 15) is 0 Å². The summed E-state index contributed by atoms with van der Waals surface area (Å²) in [5, 5.41) is 6.82. The molecule has 1 saturated heterocycles. The molecule has 6 heteroatoms. The number of hydrogen-bond acceptors (Lipinski definition) is 4. The highest BCUT2D eigenvalue weighted by Gasteiger charge is 2.35. The van der Waals surface area contributed by atoms with E-state index in [0.29, 0.717) is 18.3 Å². The Hall–Kier alpha value is -1.82. The highest BCUT2D eigenvalue weighted by molar-refractivity contribution is 5.79. The van der Waals surface area contributed by atoms with Crippen molar-refractivity contribution < 1.29 is 9.47 Å². The van der Waals surface area contributed by atoms with Crippen LogP contribution in [0.15, 0.2) is 23.3 Å². The van der Waals surface area contributed by atoms with Gasteiger partial charge in [0.1, 0.15) is 0 Å². The molecule has 0 amide bonds. The maximum atomic E-state index is 6.07. The van der Waals surface area contributed by atoms with E-state index in [1.54, 1.807) is 7.05 Å². The molecule has 152 valence electrons. The Kier molecular flexibility index (Phi) is 7.90. The monoisotopic (exact) mass is 376 g/mol. The van der Waals surface area contributed by atoms with Crippen molar-refractivity contribution in [3.8, 4) is 5.88 Å². The molecule has 1 fully saturated rings. The molecule has 0 aliphatic carbocycles. The second kappa shape index (κ2) is 9.93. The van der Waals surface area contributed by atoms with E-state index in [4.69, 9.17) is 9.47 Å². The standard InChI is InChI=1S/C21H36N4O2/c1-15(2)27-18-10-9-16(12-23-18)13-24-20(22-6)25-14-17-8-7-11-26-19(17)21(3,4)5/h9-10,12,15,17,19H,7-8,11,13-14H2,1-6H3,(H2,22,24,25). The van der Waals surface area contributed by atoms with Crippen molar-refractivity contribution in [2.45, 2.75) is 66.2 Å². The first-order chi connectivity index (χ1) is 12.8. The average molecular weight is 377 g/mol. The number of hydrogen-bond donors (Lipinski definition) is 2. The summed E-state index contributed by atoms with van der Waals surface area (Å²) < 4.78 is 11.6. The zero-order valence-corrected chi connectivity index (χ0v) is 17.7. The molecule has 2 N–H and O–H groups in total. The first-order valence-corrected chi connectivity index (χ1v) is 9.97. The van der Waals surface area contributed by atoms with Crippen molar-refractivity contribution >= 4 is 5.96 Å². The molecule has 0 radical (unpaired) electrons. The van der Waals surface area contributed by atoms with Gasteiger partial charge in [0.15, 0.2) is 5.96 Å². The third kappa shape index (κ3) is 7.01. The van der Waals surface area contributed by atoms with Gasteiger partial charge in [0.05, 0.1) is 12.2 Å². The van der Waals surface area contributed by atoms with Crippen molar-refractivity contribution in [1.82, 2.24) is 15.6 Å². The fraction of sp³-hybridized carbons (Fsp3) is 0.714. The van der Waals surface area contributed by atoms with Crippen molar-refractivity contribution in [3.63, 3.8) is 0 Å². The highest BCUT2D eigenvalue weighted by atomic mass is 16.5. The lowest BCUT2D eigenvalue weighted by Crippen LogP contribution is -2.47. The molecule has 1 aromatic heterocycles. The Balaban J connectivity index is 1.83.